The van der Waals surface area contributed by atoms with Gasteiger partial charge in [0, 0.05) is 15.1 Å². The van der Waals surface area contributed by atoms with Gasteiger partial charge in [-0.05, 0) is 77.8 Å². The zero-order valence-electron chi connectivity index (χ0n) is 10.0. The molecule has 0 bridgehead atoms. The highest BCUT2D eigenvalue weighted by atomic mass is 127. The van der Waals surface area contributed by atoms with Crippen molar-refractivity contribution in [1.82, 2.24) is 5.32 Å². The highest BCUT2D eigenvalue weighted by molar-refractivity contribution is 14.1. The molecule has 0 saturated heterocycles. The Kier molecular flexibility index (Phi) is 3.30. The van der Waals surface area contributed by atoms with E-state index in [2.05, 4.69) is 27.9 Å². The van der Waals surface area contributed by atoms with Gasteiger partial charge in [0.1, 0.15) is 0 Å². The Balaban J connectivity index is 1.65. The van der Waals surface area contributed by atoms with Gasteiger partial charge in [-0.1, -0.05) is 11.6 Å². The third-order valence-electron chi connectivity index (χ3n) is 4.11. The molecule has 0 heterocycles. The van der Waals surface area contributed by atoms with Gasteiger partial charge in [-0.15, -0.1) is 0 Å². The Morgan fingerprint density at radius 2 is 2.17 bits per heavy atom. The number of rotatable bonds is 4. The minimum Gasteiger partial charge on any atom is -0.351 e. The Labute approximate surface area is 126 Å². The molecular weight excluding hydrogens is 361 g/mol. The first kappa shape index (κ1) is 12.7. The summed E-state index contributed by atoms with van der Waals surface area (Å²) in [7, 11) is 0. The van der Waals surface area contributed by atoms with E-state index in [1.165, 1.54) is 25.7 Å². The van der Waals surface area contributed by atoms with Gasteiger partial charge in [0.05, 0.1) is 5.56 Å². The molecule has 1 amide bonds. The maximum atomic E-state index is 12.2. The van der Waals surface area contributed by atoms with E-state index >= 15 is 0 Å². The fraction of sp³-hybridized carbons (Fsp3) is 0.500. The third-order valence-corrected chi connectivity index (χ3v) is 5.29. The third kappa shape index (κ3) is 2.52. The van der Waals surface area contributed by atoms with Gasteiger partial charge in [-0.25, -0.2) is 0 Å². The average Bonchev–Trinajstić information content (AvgIpc) is 3.21. The first-order valence-electron chi connectivity index (χ1n) is 6.34. The standard InChI is InChI=1S/C14H15ClINO/c15-10-3-4-12(16)11(7-10)13(18)17-8-14(5-6-14)9-1-2-9/h3-4,7,9H,1-2,5-6,8H2,(H,17,18). The molecule has 18 heavy (non-hydrogen) atoms. The summed E-state index contributed by atoms with van der Waals surface area (Å²) in [4.78, 5) is 12.2. The van der Waals surface area contributed by atoms with E-state index < -0.39 is 0 Å². The van der Waals surface area contributed by atoms with Crippen molar-refractivity contribution in [3.05, 3.63) is 32.4 Å². The van der Waals surface area contributed by atoms with E-state index in [1.807, 2.05) is 12.1 Å². The monoisotopic (exact) mass is 375 g/mol. The van der Waals surface area contributed by atoms with E-state index in [-0.39, 0.29) is 5.91 Å². The van der Waals surface area contributed by atoms with Crippen LogP contribution in [0.1, 0.15) is 36.0 Å². The van der Waals surface area contributed by atoms with Gasteiger partial charge >= 0.3 is 0 Å². The van der Waals surface area contributed by atoms with Gasteiger partial charge in [0.25, 0.3) is 5.91 Å². The summed E-state index contributed by atoms with van der Waals surface area (Å²) in [5, 5.41) is 3.70. The van der Waals surface area contributed by atoms with Crippen molar-refractivity contribution in [2.45, 2.75) is 25.7 Å². The van der Waals surface area contributed by atoms with Crippen LogP contribution < -0.4 is 5.32 Å². The summed E-state index contributed by atoms with van der Waals surface area (Å²) in [5.74, 6) is 0.880. The Morgan fingerprint density at radius 1 is 1.44 bits per heavy atom. The molecule has 0 unspecified atom stereocenters. The predicted octanol–water partition coefficient (Wildman–Crippen LogP) is 3.86. The van der Waals surface area contributed by atoms with E-state index in [1.54, 1.807) is 6.07 Å². The van der Waals surface area contributed by atoms with Crippen LogP contribution in [0, 0.1) is 14.9 Å². The molecule has 2 fully saturated rings. The molecule has 0 radical (unpaired) electrons. The minimum absolute atomic E-state index is 0.00817. The molecule has 1 N–H and O–H groups in total. The maximum absolute atomic E-state index is 12.2. The summed E-state index contributed by atoms with van der Waals surface area (Å²) < 4.78 is 0.950. The lowest BCUT2D eigenvalue weighted by Crippen LogP contribution is -2.31. The Morgan fingerprint density at radius 3 is 2.78 bits per heavy atom. The van der Waals surface area contributed by atoms with Crippen molar-refractivity contribution >= 4 is 40.1 Å². The number of hydrogen-bond donors (Lipinski definition) is 1. The molecule has 2 aliphatic rings. The number of halogens is 2. The summed E-state index contributed by atoms with van der Waals surface area (Å²) in [5.41, 5.74) is 1.13. The fourth-order valence-corrected chi connectivity index (χ4v) is 3.36. The molecule has 3 rings (SSSR count). The lowest BCUT2D eigenvalue weighted by Gasteiger charge is -2.15. The number of carbonyl (C=O) groups excluding carboxylic acids is 1. The lowest BCUT2D eigenvalue weighted by molar-refractivity contribution is 0.0941. The SMILES string of the molecule is O=C(NCC1(C2CC2)CC1)c1cc(Cl)ccc1I. The predicted molar refractivity (Wildman–Crippen MR) is 80.9 cm³/mol. The second-order valence-electron chi connectivity index (χ2n) is 5.44. The maximum Gasteiger partial charge on any atom is 0.252 e. The zero-order chi connectivity index (χ0) is 12.8. The van der Waals surface area contributed by atoms with Crippen LogP contribution in [0.5, 0.6) is 0 Å². The number of nitrogens with one attached hydrogen (secondary N) is 1. The number of hydrogen-bond acceptors (Lipinski definition) is 1. The highest BCUT2D eigenvalue weighted by Crippen LogP contribution is 2.60. The van der Waals surface area contributed by atoms with Crippen molar-refractivity contribution in [2.24, 2.45) is 11.3 Å². The largest absolute Gasteiger partial charge is 0.351 e. The molecule has 2 saturated carbocycles. The summed E-state index contributed by atoms with van der Waals surface area (Å²) in [6.45, 7) is 0.832. The van der Waals surface area contributed by atoms with Gasteiger partial charge in [-0.2, -0.15) is 0 Å². The summed E-state index contributed by atoms with van der Waals surface area (Å²) in [6, 6.07) is 5.44. The Bertz CT molecular complexity index is 495. The van der Waals surface area contributed by atoms with Crippen molar-refractivity contribution in [3.8, 4) is 0 Å². The van der Waals surface area contributed by atoms with Gasteiger partial charge in [-0.3, -0.25) is 4.79 Å². The fourth-order valence-electron chi connectivity index (χ4n) is 2.61. The number of amides is 1. The van der Waals surface area contributed by atoms with Crippen LogP contribution in [0.3, 0.4) is 0 Å². The normalized spacial score (nSPS) is 20.6. The van der Waals surface area contributed by atoms with E-state index in [9.17, 15) is 4.79 Å². The van der Waals surface area contributed by atoms with Crippen LogP contribution in [0.25, 0.3) is 0 Å². The highest BCUT2D eigenvalue weighted by Gasteiger charge is 2.53. The number of carbonyl (C=O) groups is 1. The van der Waals surface area contributed by atoms with Crippen LogP contribution in [0.2, 0.25) is 5.02 Å². The smallest absolute Gasteiger partial charge is 0.252 e. The van der Waals surface area contributed by atoms with Crippen LogP contribution in [0.15, 0.2) is 18.2 Å². The molecule has 0 atom stereocenters. The van der Waals surface area contributed by atoms with E-state index in [4.69, 9.17) is 11.6 Å². The zero-order valence-corrected chi connectivity index (χ0v) is 12.9. The quantitative estimate of drug-likeness (QED) is 0.796. The summed E-state index contributed by atoms with van der Waals surface area (Å²) >= 11 is 8.12. The molecule has 1 aromatic rings. The van der Waals surface area contributed by atoms with E-state index in [0.29, 0.717) is 16.0 Å². The molecule has 96 valence electrons. The van der Waals surface area contributed by atoms with Crippen LogP contribution in [0.4, 0.5) is 0 Å². The van der Waals surface area contributed by atoms with Crippen molar-refractivity contribution in [1.29, 1.82) is 0 Å². The first-order chi connectivity index (χ1) is 8.61. The lowest BCUT2D eigenvalue weighted by atomic mass is 10.0. The van der Waals surface area contributed by atoms with Crippen molar-refractivity contribution in [3.63, 3.8) is 0 Å². The van der Waals surface area contributed by atoms with Crippen molar-refractivity contribution in [2.75, 3.05) is 6.54 Å². The molecule has 1 aromatic carbocycles. The molecular formula is C14H15ClINO. The summed E-state index contributed by atoms with van der Waals surface area (Å²) in [6.07, 6.45) is 5.27. The minimum atomic E-state index is 0.00817. The average molecular weight is 376 g/mol. The molecule has 2 aliphatic carbocycles. The topological polar surface area (TPSA) is 29.1 Å². The second kappa shape index (κ2) is 4.67. The van der Waals surface area contributed by atoms with Crippen molar-refractivity contribution < 1.29 is 4.79 Å². The van der Waals surface area contributed by atoms with Gasteiger partial charge in [0.2, 0.25) is 0 Å². The molecule has 0 aliphatic heterocycles. The molecule has 0 spiro atoms. The van der Waals surface area contributed by atoms with Crippen LogP contribution in [-0.4, -0.2) is 12.5 Å². The molecule has 4 heteroatoms. The second-order valence-corrected chi connectivity index (χ2v) is 7.04. The van der Waals surface area contributed by atoms with Gasteiger partial charge < -0.3 is 5.32 Å². The van der Waals surface area contributed by atoms with Gasteiger partial charge in [0.15, 0.2) is 0 Å². The molecule has 0 aromatic heterocycles. The van der Waals surface area contributed by atoms with E-state index in [0.717, 1.165) is 16.0 Å². The van der Waals surface area contributed by atoms with Crippen LogP contribution in [-0.2, 0) is 0 Å². The first-order valence-corrected chi connectivity index (χ1v) is 7.80. The molecule has 2 nitrogen and oxygen atoms in total. The van der Waals surface area contributed by atoms with Crippen LogP contribution >= 0.6 is 34.2 Å². The Hall–Kier alpha value is -0.290. The number of benzene rings is 1.